The zero-order valence-electron chi connectivity index (χ0n) is 11.1. The van der Waals surface area contributed by atoms with Gasteiger partial charge in [-0.1, -0.05) is 17.7 Å². The van der Waals surface area contributed by atoms with E-state index in [1.165, 1.54) is 0 Å². The quantitative estimate of drug-likeness (QED) is 0.705. The van der Waals surface area contributed by atoms with Crippen LogP contribution in [0, 0.1) is 6.92 Å². The third kappa shape index (κ3) is 2.64. The Morgan fingerprint density at radius 2 is 2.00 bits per heavy atom. The van der Waals surface area contributed by atoms with Crippen LogP contribution in [0.2, 0.25) is 5.02 Å². The van der Waals surface area contributed by atoms with Gasteiger partial charge in [-0.25, -0.2) is 0 Å². The number of nitrogens with zero attached hydrogens (tertiary/aromatic N) is 4. The van der Waals surface area contributed by atoms with E-state index in [9.17, 15) is 0 Å². The lowest BCUT2D eigenvalue weighted by atomic mass is 10.2. The van der Waals surface area contributed by atoms with Gasteiger partial charge in [-0.2, -0.15) is 4.68 Å². The van der Waals surface area contributed by atoms with E-state index in [4.69, 9.17) is 17.3 Å². The highest BCUT2D eigenvalue weighted by molar-refractivity contribution is 9.10. The summed E-state index contributed by atoms with van der Waals surface area (Å²) in [4.78, 5) is 0. The molecule has 0 aliphatic rings. The first kappa shape index (κ1) is 14.0. The summed E-state index contributed by atoms with van der Waals surface area (Å²) < 4.78 is 2.57. The van der Waals surface area contributed by atoms with Gasteiger partial charge < -0.3 is 5.73 Å². The smallest absolute Gasteiger partial charge is 0.187 e. The highest BCUT2D eigenvalue weighted by Crippen LogP contribution is 2.29. The summed E-state index contributed by atoms with van der Waals surface area (Å²) in [5.41, 5.74) is 9.06. The summed E-state index contributed by atoms with van der Waals surface area (Å²) in [7, 11) is 0. The van der Waals surface area contributed by atoms with Gasteiger partial charge in [-0.3, -0.25) is 0 Å². The van der Waals surface area contributed by atoms with Gasteiger partial charge in [0.2, 0.25) is 0 Å². The second-order valence-electron chi connectivity index (χ2n) is 4.61. The second kappa shape index (κ2) is 5.46. The van der Waals surface area contributed by atoms with Gasteiger partial charge in [0.15, 0.2) is 5.82 Å². The van der Waals surface area contributed by atoms with Gasteiger partial charge in [0.05, 0.1) is 16.4 Å². The molecule has 2 N–H and O–H groups in total. The van der Waals surface area contributed by atoms with E-state index in [0.29, 0.717) is 16.5 Å². The number of hydrogen-bond donors (Lipinski definition) is 1. The van der Waals surface area contributed by atoms with Crippen molar-refractivity contribution < 1.29 is 0 Å². The fraction of sp³-hybridized carbons (Fsp3) is 0.0714. The van der Waals surface area contributed by atoms with E-state index < -0.39 is 0 Å². The lowest BCUT2D eigenvalue weighted by Gasteiger charge is -2.08. The van der Waals surface area contributed by atoms with Crippen LogP contribution >= 0.6 is 27.5 Å². The molecule has 3 aromatic rings. The average molecular weight is 365 g/mol. The van der Waals surface area contributed by atoms with Crippen molar-refractivity contribution in [1.29, 1.82) is 0 Å². The van der Waals surface area contributed by atoms with Gasteiger partial charge in [0.1, 0.15) is 0 Å². The number of anilines is 1. The molecule has 21 heavy (non-hydrogen) atoms. The summed E-state index contributed by atoms with van der Waals surface area (Å²) in [6, 6.07) is 11.3. The monoisotopic (exact) mass is 363 g/mol. The van der Waals surface area contributed by atoms with E-state index >= 15 is 0 Å². The maximum Gasteiger partial charge on any atom is 0.187 e. The summed E-state index contributed by atoms with van der Waals surface area (Å²) in [5.74, 6) is 0.599. The lowest BCUT2D eigenvalue weighted by Crippen LogP contribution is -2.01. The molecule has 0 bridgehead atoms. The first-order chi connectivity index (χ1) is 10.1. The predicted molar refractivity (Wildman–Crippen MR) is 86.4 cm³/mol. The Morgan fingerprint density at radius 3 is 2.71 bits per heavy atom. The number of nitrogens with two attached hydrogens (primary N) is 1. The van der Waals surface area contributed by atoms with Crippen LogP contribution < -0.4 is 5.73 Å². The van der Waals surface area contributed by atoms with Crippen molar-refractivity contribution >= 4 is 33.2 Å². The van der Waals surface area contributed by atoms with Crippen molar-refractivity contribution in [2.75, 3.05) is 5.73 Å². The van der Waals surface area contributed by atoms with Crippen molar-refractivity contribution in [2.24, 2.45) is 0 Å². The third-order valence-corrected chi connectivity index (χ3v) is 4.02. The van der Waals surface area contributed by atoms with Crippen LogP contribution in [0.3, 0.4) is 0 Å². The number of benzene rings is 2. The number of rotatable bonds is 2. The Balaban J connectivity index is 2.14. The molecule has 0 unspecified atom stereocenters. The van der Waals surface area contributed by atoms with E-state index in [-0.39, 0.29) is 0 Å². The van der Waals surface area contributed by atoms with Crippen LogP contribution in [0.15, 0.2) is 40.9 Å². The minimum absolute atomic E-state index is 0.477. The predicted octanol–water partition coefficient (Wildman–Crippen LogP) is 3.64. The summed E-state index contributed by atoms with van der Waals surface area (Å²) in [6.07, 6.45) is 0. The molecule has 2 aromatic carbocycles. The Morgan fingerprint density at radius 1 is 1.19 bits per heavy atom. The van der Waals surface area contributed by atoms with Crippen molar-refractivity contribution in [3.63, 3.8) is 0 Å². The number of aromatic nitrogens is 4. The molecule has 0 aliphatic carbocycles. The first-order valence-corrected chi connectivity index (χ1v) is 7.33. The fourth-order valence-electron chi connectivity index (χ4n) is 1.98. The zero-order valence-corrected chi connectivity index (χ0v) is 13.4. The summed E-state index contributed by atoms with van der Waals surface area (Å²) >= 11 is 9.61. The van der Waals surface area contributed by atoms with Crippen LogP contribution in [0.4, 0.5) is 5.69 Å². The maximum atomic E-state index is 6.07. The zero-order chi connectivity index (χ0) is 15.0. The molecule has 7 heteroatoms. The van der Waals surface area contributed by atoms with Gasteiger partial charge in [-0.15, -0.1) is 5.10 Å². The van der Waals surface area contributed by atoms with Crippen molar-refractivity contribution in [1.82, 2.24) is 20.2 Å². The summed E-state index contributed by atoms with van der Waals surface area (Å²) in [5, 5.41) is 12.4. The molecule has 1 heterocycles. The van der Waals surface area contributed by atoms with E-state index in [1.54, 1.807) is 16.8 Å². The van der Waals surface area contributed by atoms with Crippen LogP contribution in [0.5, 0.6) is 0 Å². The SMILES string of the molecule is Cc1ccc(-n2nnnc2-c2ccc(N)c(Cl)c2)c(Br)c1. The number of hydrogen-bond acceptors (Lipinski definition) is 4. The van der Waals surface area contributed by atoms with Crippen LogP contribution in [-0.4, -0.2) is 20.2 Å². The Labute approximate surface area is 134 Å². The number of nitrogen functional groups attached to an aromatic ring is 1. The van der Waals surface area contributed by atoms with Crippen LogP contribution in [0.1, 0.15) is 5.56 Å². The molecule has 0 saturated carbocycles. The molecule has 5 nitrogen and oxygen atoms in total. The minimum Gasteiger partial charge on any atom is -0.398 e. The minimum atomic E-state index is 0.477. The molecule has 0 radical (unpaired) electrons. The van der Waals surface area contributed by atoms with E-state index in [0.717, 1.165) is 21.3 Å². The van der Waals surface area contributed by atoms with Crippen LogP contribution in [-0.2, 0) is 0 Å². The molecular weight excluding hydrogens is 354 g/mol. The van der Waals surface area contributed by atoms with Gasteiger partial charge >= 0.3 is 0 Å². The highest BCUT2D eigenvalue weighted by atomic mass is 79.9. The van der Waals surface area contributed by atoms with Gasteiger partial charge in [-0.05, 0) is 69.2 Å². The van der Waals surface area contributed by atoms with Crippen LogP contribution in [0.25, 0.3) is 17.1 Å². The number of aryl methyl sites for hydroxylation is 1. The Hall–Kier alpha value is -1.92. The normalized spacial score (nSPS) is 10.8. The lowest BCUT2D eigenvalue weighted by molar-refractivity contribution is 0.788. The van der Waals surface area contributed by atoms with E-state index in [1.807, 2.05) is 31.2 Å². The van der Waals surface area contributed by atoms with Gasteiger partial charge in [0, 0.05) is 10.0 Å². The largest absolute Gasteiger partial charge is 0.398 e. The molecule has 3 rings (SSSR count). The molecule has 1 aromatic heterocycles. The third-order valence-electron chi connectivity index (χ3n) is 3.06. The molecule has 0 amide bonds. The Bertz CT molecular complexity index is 815. The molecule has 106 valence electrons. The number of tetrazole rings is 1. The molecule has 0 saturated heterocycles. The van der Waals surface area contributed by atoms with Gasteiger partial charge in [0.25, 0.3) is 0 Å². The molecule has 0 fully saturated rings. The molecule has 0 spiro atoms. The molecule has 0 atom stereocenters. The Kier molecular flexibility index (Phi) is 3.65. The standard InChI is InChI=1S/C14H11BrClN5/c1-8-2-5-13(10(15)6-8)21-14(18-19-20-21)9-3-4-12(17)11(16)7-9/h2-7H,17H2,1H3. The number of halogens is 2. The fourth-order valence-corrected chi connectivity index (χ4v) is 2.82. The highest BCUT2D eigenvalue weighted by Gasteiger charge is 2.14. The topological polar surface area (TPSA) is 69.6 Å². The maximum absolute atomic E-state index is 6.07. The van der Waals surface area contributed by atoms with E-state index in [2.05, 4.69) is 31.5 Å². The average Bonchev–Trinajstić information content (AvgIpc) is 2.91. The molecular formula is C14H11BrClN5. The molecule has 0 aliphatic heterocycles. The second-order valence-corrected chi connectivity index (χ2v) is 5.87. The van der Waals surface area contributed by atoms with Crippen molar-refractivity contribution in [2.45, 2.75) is 6.92 Å². The van der Waals surface area contributed by atoms with Crippen molar-refractivity contribution in [3.8, 4) is 17.1 Å². The summed E-state index contributed by atoms with van der Waals surface area (Å²) in [6.45, 7) is 2.02. The van der Waals surface area contributed by atoms with Crippen molar-refractivity contribution in [3.05, 3.63) is 51.5 Å². The first-order valence-electron chi connectivity index (χ1n) is 6.16.